The molecule has 0 aromatic carbocycles. The molecule has 3 heterocycles. The number of ether oxygens (including phenoxy) is 1. The van der Waals surface area contributed by atoms with E-state index in [2.05, 4.69) is 26.8 Å². The Balaban J connectivity index is 1.54. The highest BCUT2D eigenvalue weighted by Gasteiger charge is 2.22. The molecule has 1 aliphatic heterocycles. The lowest BCUT2D eigenvalue weighted by molar-refractivity contribution is 0.214. The van der Waals surface area contributed by atoms with E-state index >= 15 is 0 Å². The third-order valence-corrected chi connectivity index (χ3v) is 4.64. The molecule has 2 aromatic heterocycles. The number of pyridine rings is 1. The van der Waals surface area contributed by atoms with E-state index < -0.39 is 0 Å². The van der Waals surface area contributed by atoms with Crippen LogP contribution in [-0.2, 0) is 0 Å². The second-order valence-corrected chi connectivity index (χ2v) is 6.27. The number of piperidine rings is 1. The quantitative estimate of drug-likeness (QED) is 0.868. The molecule has 5 nitrogen and oxygen atoms in total. The Hall–Kier alpha value is -2.17. The minimum Gasteiger partial charge on any atom is -0.477 e. The molecule has 122 valence electrons. The fourth-order valence-electron chi connectivity index (χ4n) is 2.97. The fourth-order valence-corrected chi connectivity index (χ4v) is 2.97. The van der Waals surface area contributed by atoms with Gasteiger partial charge in [-0.1, -0.05) is 6.07 Å². The van der Waals surface area contributed by atoms with Gasteiger partial charge in [-0.3, -0.25) is 0 Å². The minimum absolute atomic E-state index is 0.580. The number of hydrogen-bond acceptors (Lipinski definition) is 5. The van der Waals surface area contributed by atoms with Crippen LogP contribution in [0, 0.1) is 26.7 Å². The predicted octanol–water partition coefficient (Wildman–Crippen LogP) is 3.09. The van der Waals surface area contributed by atoms with Crippen LogP contribution in [0.15, 0.2) is 24.7 Å². The van der Waals surface area contributed by atoms with E-state index in [0.717, 1.165) is 55.5 Å². The van der Waals surface area contributed by atoms with Crippen LogP contribution in [0.25, 0.3) is 0 Å². The summed E-state index contributed by atoms with van der Waals surface area (Å²) in [6.07, 6.45) is 5.69. The van der Waals surface area contributed by atoms with E-state index in [9.17, 15) is 0 Å². The molecule has 3 rings (SSSR count). The summed E-state index contributed by atoms with van der Waals surface area (Å²) in [5.74, 6) is 2.42. The Labute approximate surface area is 137 Å². The fraction of sp³-hybridized carbons (Fsp3) is 0.500. The molecule has 0 radical (unpaired) electrons. The first-order valence-corrected chi connectivity index (χ1v) is 8.22. The van der Waals surface area contributed by atoms with Crippen molar-refractivity contribution in [2.24, 2.45) is 5.92 Å². The number of anilines is 1. The molecule has 0 atom stereocenters. The second kappa shape index (κ2) is 6.94. The first-order chi connectivity index (χ1) is 11.1. The van der Waals surface area contributed by atoms with Gasteiger partial charge in [0.25, 0.3) is 0 Å². The highest BCUT2D eigenvalue weighted by molar-refractivity contribution is 5.47. The van der Waals surface area contributed by atoms with E-state index in [0.29, 0.717) is 5.92 Å². The van der Waals surface area contributed by atoms with E-state index in [4.69, 9.17) is 4.74 Å². The summed E-state index contributed by atoms with van der Waals surface area (Å²) in [7, 11) is 0. The number of nitrogens with zero attached hydrogens (tertiary/aromatic N) is 4. The summed E-state index contributed by atoms with van der Waals surface area (Å²) in [4.78, 5) is 15.4. The average Bonchev–Trinajstić information content (AvgIpc) is 2.57. The Morgan fingerprint density at radius 2 is 1.91 bits per heavy atom. The van der Waals surface area contributed by atoms with Crippen molar-refractivity contribution in [1.29, 1.82) is 0 Å². The molecule has 0 bridgehead atoms. The Morgan fingerprint density at radius 1 is 1.13 bits per heavy atom. The van der Waals surface area contributed by atoms with Crippen LogP contribution in [-0.4, -0.2) is 34.6 Å². The van der Waals surface area contributed by atoms with Crippen LogP contribution >= 0.6 is 0 Å². The molecule has 0 saturated carbocycles. The normalized spacial score (nSPS) is 15.7. The van der Waals surface area contributed by atoms with Crippen LogP contribution in [0.4, 0.5) is 5.82 Å². The summed E-state index contributed by atoms with van der Waals surface area (Å²) < 4.78 is 5.90. The molecular weight excluding hydrogens is 288 g/mol. The van der Waals surface area contributed by atoms with E-state index in [1.165, 1.54) is 5.56 Å². The van der Waals surface area contributed by atoms with Gasteiger partial charge in [-0.15, -0.1) is 0 Å². The molecule has 23 heavy (non-hydrogen) atoms. The Bertz CT molecular complexity index is 666. The SMILES string of the molecule is Cc1cccnc1OCC1CCN(c2ncnc(C)c2C)CC1. The van der Waals surface area contributed by atoms with E-state index in [1.807, 2.05) is 26.0 Å². The van der Waals surface area contributed by atoms with Gasteiger partial charge in [0.1, 0.15) is 12.1 Å². The minimum atomic E-state index is 0.580. The lowest BCUT2D eigenvalue weighted by Gasteiger charge is -2.33. The van der Waals surface area contributed by atoms with Crippen LogP contribution in [0.1, 0.15) is 29.7 Å². The van der Waals surface area contributed by atoms with Gasteiger partial charge >= 0.3 is 0 Å². The van der Waals surface area contributed by atoms with Crippen LogP contribution in [0.3, 0.4) is 0 Å². The summed E-state index contributed by atoms with van der Waals surface area (Å²) in [6.45, 7) is 8.96. The zero-order valence-electron chi connectivity index (χ0n) is 14.1. The monoisotopic (exact) mass is 312 g/mol. The Kier molecular flexibility index (Phi) is 4.74. The van der Waals surface area contributed by atoms with E-state index in [-0.39, 0.29) is 0 Å². The molecule has 0 unspecified atom stereocenters. The lowest BCUT2D eigenvalue weighted by Crippen LogP contribution is -2.36. The summed E-state index contributed by atoms with van der Waals surface area (Å²) in [6, 6.07) is 3.97. The van der Waals surface area contributed by atoms with Gasteiger partial charge in [-0.05, 0) is 45.6 Å². The molecule has 2 aromatic rings. The summed E-state index contributed by atoms with van der Waals surface area (Å²) in [5, 5.41) is 0. The van der Waals surface area contributed by atoms with Crippen molar-refractivity contribution in [2.75, 3.05) is 24.6 Å². The molecule has 0 N–H and O–H groups in total. The van der Waals surface area contributed by atoms with Crippen LogP contribution < -0.4 is 9.64 Å². The van der Waals surface area contributed by atoms with Crippen LogP contribution in [0.2, 0.25) is 0 Å². The second-order valence-electron chi connectivity index (χ2n) is 6.27. The largest absolute Gasteiger partial charge is 0.477 e. The number of aromatic nitrogens is 3. The maximum Gasteiger partial charge on any atom is 0.216 e. The number of hydrogen-bond donors (Lipinski definition) is 0. The maximum absolute atomic E-state index is 5.90. The molecule has 0 spiro atoms. The zero-order valence-corrected chi connectivity index (χ0v) is 14.1. The molecular formula is C18H24N4O. The Morgan fingerprint density at radius 3 is 2.65 bits per heavy atom. The molecule has 0 aliphatic carbocycles. The van der Waals surface area contributed by atoms with Gasteiger partial charge in [0.05, 0.1) is 6.61 Å². The third kappa shape index (κ3) is 3.60. The van der Waals surface area contributed by atoms with Gasteiger partial charge in [-0.2, -0.15) is 0 Å². The number of aryl methyl sites for hydroxylation is 2. The highest BCUT2D eigenvalue weighted by Crippen LogP contribution is 2.25. The summed E-state index contributed by atoms with van der Waals surface area (Å²) in [5.41, 5.74) is 3.34. The smallest absolute Gasteiger partial charge is 0.216 e. The van der Waals surface area contributed by atoms with Gasteiger partial charge < -0.3 is 9.64 Å². The van der Waals surface area contributed by atoms with Gasteiger partial charge in [0.2, 0.25) is 5.88 Å². The standard InChI is InChI=1S/C18H24N4O/c1-13-5-4-8-19-18(13)23-11-16-6-9-22(10-7-16)17-14(2)15(3)20-12-21-17/h4-5,8,12,16H,6-7,9-11H2,1-3H3. The van der Waals surface area contributed by atoms with Gasteiger partial charge in [0.15, 0.2) is 0 Å². The first kappa shape index (κ1) is 15.7. The molecule has 1 saturated heterocycles. The van der Waals surface area contributed by atoms with E-state index in [1.54, 1.807) is 12.5 Å². The zero-order chi connectivity index (χ0) is 16.2. The van der Waals surface area contributed by atoms with Crippen molar-refractivity contribution in [2.45, 2.75) is 33.6 Å². The maximum atomic E-state index is 5.90. The van der Waals surface area contributed by atoms with Gasteiger partial charge in [-0.25, -0.2) is 15.0 Å². The van der Waals surface area contributed by atoms with Crippen molar-refractivity contribution in [1.82, 2.24) is 15.0 Å². The van der Waals surface area contributed by atoms with Gasteiger partial charge in [0, 0.05) is 36.1 Å². The van der Waals surface area contributed by atoms with Crippen molar-refractivity contribution >= 4 is 5.82 Å². The molecule has 0 amide bonds. The van der Waals surface area contributed by atoms with Crippen molar-refractivity contribution in [3.63, 3.8) is 0 Å². The van der Waals surface area contributed by atoms with Crippen LogP contribution in [0.5, 0.6) is 5.88 Å². The predicted molar refractivity (Wildman–Crippen MR) is 90.9 cm³/mol. The third-order valence-electron chi connectivity index (χ3n) is 4.64. The highest BCUT2D eigenvalue weighted by atomic mass is 16.5. The number of rotatable bonds is 4. The molecule has 1 fully saturated rings. The van der Waals surface area contributed by atoms with Crippen molar-refractivity contribution in [3.8, 4) is 5.88 Å². The van der Waals surface area contributed by atoms with Crippen molar-refractivity contribution < 1.29 is 4.74 Å². The summed E-state index contributed by atoms with van der Waals surface area (Å²) >= 11 is 0. The first-order valence-electron chi connectivity index (χ1n) is 8.22. The lowest BCUT2D eigenvalue weighted by atomic mass is 9.97. The average molecular weight is 312 g/mol. The molecule has 1 aliphatic rings. The molecule has 5 heteroatoms. The van der Waals surface area contributed by atoms with Crippen molar-refractivity contribution in [3.05, 3.63) is 41.5 Å². The topological polar surface area (TPSA) is 51.1 Å².